The van der Waals surface area contributed by atoms with Gasteiger partial charge in [0.05, 0.1) is 5.69 Å². The van der Waals surface area contributed by atoms with Crippen LogP contribution in [0.15, 0.2) is 24.4 Å². The zero-order valence-corrected chi connectivity index (χ0v) is 11.0. The number of aromatic nitrogens is 1. The zero-order valence-electron chi connectivity index (χ0n) is 11.0. The molecule has 3 atom stereocenters. The second kappa shape index (κ2) is 5.29. The van der Waals surface area contributed by atoms with Crippen LogP contribution in [-0.4, -0.2) is 33.0 Å². The van der Waals surface area contributed by atoms with Crippen LogP contribution in [0.25, 0.3) is 0 Å². The summed E-state index contributed by atoms with van der Waals surface area (Å²) in [5.74, 6) is -0.108. The SMILES string of the molecule is O=C(O)C1CC2CCCCC2N1Cc1ccccn1. The molecule has 0 radical (unpaired) electrons. The molecule has 1 aliphatic heterocycles. The molecule has 0 amide bonds. The highest BCUT2D eigenvalue weighted by Crippen LogP contribution is 2.40. The van der Waals surface area contributed by atoms with Crippen molar-refractivity contribution < 1.29 is 9.90 Å². The van der Waals surface area contributed by atoms with Gasteiger partial charge in [0.25, 0.3) is 0 Å². The molecule has 0 aromatic carbocycles. The molecule has 0 spiro atoms. The third-order valence-corrected chi connectivity index (χ3v) is 4.58. The van der Waals surface area contributed by atoms with Gasteiger partial charge in [-0.2, -0.15) is 0 Å². The first-order chi connectivity index (χ1) is 9.25. The van der Waals surface area contributed by atoms with E-state index in [0.717, 1.165) is 18.5 Å². The van der Waals surface area contributed by atoms with E-state index in [2.05, 4.69) is 9.88 Å². The number of fused-ring (bicyclic) bond motifs is 1. The van der Waals surface area contributed by atoms with E-state index in [1.54, 1.807) is 6.20 Å². The molecule has 1 aromatic rings. The predicted octanol–water partition coefficient (Wildman–Crippen LogP) is 2.30. The number of likely N-dealkylation sites (tertiary alicyclic amines) is 1. The van der Waals surface area contributed by atoms with E-state index in [1.807, 2.05) is 18.2 Å². The van der Waals surface area contributed by atoms with Crippen molar-refractivity contribution >= 4 is 5.97 Å². The van der Waals surface area contributed by atoms with Gasteiger partial charge in [-0.05, 0) is 37.3 Å². The van der Waals surface area contributed by atoms with Crippen molar-refractivity contribution in [3.63, 3.8) is 0 Å². The first-order valence-electron chi connectivity index (χ1n) is 7.14. The smallest absolute Gasteiger partial charge is 0.320 e. The van der Waals surface area contributed by atoms with Gasteiger partial charge in [0, 0.05) is 18.8 Å². The van der Waals surface area contributed by atoms with Crippen LogP contribution in [0.4, 0.5) is 0 Å². The minimum atomic E-state index is -0.676. The summed E-state index contributed by atoms with van der Waals surface area (Å²) in [7, 11) is 0. The summed E-state index contributed by atoms with van der Waals surface area (Å²) in [6, 6.07) is 5.96. The number of nitrogens with zero attached hydrogens (tertiary/aromatic N) is 2. The summed E-state index contributed by atoms with van der Waals surface area (Å²) in [6.45, 7) is 0.666. The van der Waals surface area contributed by atoms with E-state index in [1.165, 1.54) is 19.3 Å². The largest absolute Gasteiger partial charge is 0.480 e. The molecule has 1 aliphatic carbocycles. The first kappa shape index (κ1) is 12.6. The molecule has 4 nitrogen and oxygen atoms in total. The topological polar surface area (TPSA) is 53.4 Å². The Labute approximate surface area is 113 Å². The number of pyridine rings is 1. The van der Waals surface area contributed by atoms with Gasteiger partial charge < -0.3 is 5.11 Å². The molecule has 0 bridgehead atoms. The molecule has 3 rings (SSSR count). The van der Waals surface area contributed by atoms with Crippen LogP contribution in [0.3, 0.4) is 0 Å². The first-order valence-corrected chi connectivity index (χ1v) is 7.14. The lowest BCUT2D eigenvalue weighted by atomic mass is 9.85. The number of rotatable bonds is 3. The highest BCUT2D eigenvalue weighted by molar-refractivity contribution is 5.74. The standard InChI is InChI=1S/C15H20N2O2/c18-15(19)14-9-11-5-1-2-7-13(11)17(14)10-12-6-3-4-8-16-12/h3-4,6,8,11,13-14H,1-2,5,7,9-10H2,(H,18,19). The summed E-state index contributed by atoms with van der Waals surface area (Å²) >= 11 is 0. The zero-order chi connectivity index (χ0) is 13.2. The van der Waals surface area contributed by atoms with Crippen LogP contribution >= 0.6 is 0 Å². The number of hydrogen-bond donors (Lipinski definition) is 1. The van der Waals surface area contributed by atoms with Gasteiger partial charge in [-0.15, -0.1) is 0 Å². The predicted molar refractivity (Wildman–Crippen MR) is 71.6 cm³/mol. The quantitative estimate of drug-likeness (QED) is 0.906. The Bertz CT molecular complexity index is 449. The van der Waals surface area contributed by atoms with Gasteiger partial charge in [0.15, 0.2) is 0 Å². The van der Waals surface area contributed by atoms with Crippen molar-refractivity contribution in [1.29, 1.82) is 0 Å². The molecule has 2 fully saturated rings. The maximum absolute atomic E-state index is 11.5. The average molecular weight is 260 g/mol. The second-order valence-electron chi connectivity index (χ2n) is 5.70. The van der Waals surface area contributed by atoms with E-state index < -0.39 is 5.97 Å². The molecule has 4 heteroatoms. The highest BCUT2D eigenvalue weighted by atomic mass is 16.4. The Morgan fingerprint density at radius 2 is 2.21 bits per heavy atom. The van der Waals surface area contributed by atoms with Gasteiger partial charge in [0.1, 0.15) is 6.04 Å². The normalized spacial score (nSPS) is 31.1. The summed E-state index contributed by atoms with van der Waals surface area (Å²) in [5, 5.41) is 9.45. The Morgan fingerprint density at radius 3 is 2.95 bits per heavy atom. The van der Waals surface area contributed by atoms with E-state index in [9.17, 15) is 9.90 Å². The maximum atomic E-state index is 11.5. The van der Waals surface area contributed by atoms with Gasteiger partial charge in [-0.25, -0.2) is 0 Å². The number of aliphatic carboxylic acids is 1. The molecular formula is C15H20N2O2. The fraction of sp³-hybridized carbons (Fsp3) is 0.600. The maximum Gasteiger partial charge on any atom is 0.320 e. The Morgan fingerprint density at radius 1 is 1.37 bits per heavy atom. The lowest BCUT2D eigenvalue weighted by molar-refractivity contribution is -0.142. The van der Waals surface area contributed by atoms with E-state index in [4.69, 9.17) is 0 Å². The Balaban J connectivity index is 1.80. The fourth-order valence-corrected chi connectivity index (χ4v) is 3.70. The molecule has 1 saturated heterocycles. The Kier molecular flexibility index (Phi) is 3.51. The van der Waals surface area contributed by atoms with Crippen LogP contribution < -0.4 is 0 Å². The molecule has 1 saturated carbocycles. The van der Waals surface area contributed by atoms with Crippen molar-refractivity contribution in [1.82, 2.24) is 9.88 Å². The summed E-state index contributed by atoms with van der Waals surface area (Å²) in [4.78, 5) is 18.0. The minimum Gasteiger partial charge on any atom is -0.480 e. The number of hydrogen-bond acceptors (Lipinski definition) is 3. The van der Waals surface area contributed by atoms with Crippen molar-refractivity contribution in [2.24, 2.45) is 5.92 Å². The van der Waals surface area contributed by atoms with Crippen LogP contribution in [0.5, 0.6) is 0 Å². The molecule has 1 N–H and O–H groups in total. The van der Waals surface area contributed by atoms with E-state index >= 15 is 0 Å². The van der Waals surface area contributed by atoms with Gasteiger partial charge in [0.2, 0.25) is 0 Å². The second-order valence-corrected chi connectivity index (χ2v) is 5.70. The van der Waals surface area contributed by atoms with Crippen molar-refractivity contribution in [3.05, 3.63) is 30.1 Å². The fourth-order valence-electron chi connectivity index (χ4n) is 3.70. The number of carboxylic acids is 1. The Hall–Kier alpha value is -1.42. The molecular weight excluding hydrogens is 240 g/mol. The third-order valence-electron chi connectivity index (χ3n) is 4.58. The molecule has 2 aliphatic rings. The molecule has 19 heavy (non-hydrogen) atoms. The third kappa shape index (κ3) is 2.50. The van der Waals surface area contributed by atoms with Crippen LogP contribution in [-0.2, 0) is 11.3 Å². The van der Waals surface area contributed by atoms with Gasteiger partial charge in [-0.3, -0.25) is 14.7 Å². The van der Waals surface area contributed by atoms with Crippen LogP contribution in [0.2, 0.25) is 0 Å². The monoisotopic (exact) mass is 260 g/mol. The lowest BCUT2D eigenvalue weighted by Gasteiger charge is -2.32. The van der Waals surface area contributed by atoms with Crippen molar-refractivity contribution in [3.8, 4) is 0 Å². The van der Waals surface area contributed by atoms with Crippen molar-refractivity contribution in [2.75, 3.05) is 0 Å². The number of carboxylic acid groups (broad SMARTS) is 1. The van der Waals surface area contributed by atoms with Crippen molar-refractivity contribution in [2.45, 2.75) is 50.7 Å². The molecule has 2 heterocycles. The van der Waals surface area contributed by atoms with Gasteiger partial charge >= 0.3 is 5.97 Å². The van der Waals surface area contributed by atoms with Crippen LogP contribution in [0.1, 0.15) is 37.8 Å². The minimum absolute atomic E-state index is 0.324. The number of carbonyl (C=O) groups is 1. The summed E-state index contributed by atoms with van der Waals surface area (Å²) in [5.41, 5.74) is 0.972. The summed E-state index contributed by atoms with van der Waals surface area (Å²) < 4.78 is 0. The van der Waals surface area contributed by atoms with Crippen LogP contribution in [0, 0.1) is 5.92 Å². The molecule has 1 aromatic heterocycles. The van der Waals surface area contributed by atoms with Gasteiger partial charge in [-0.1, -0.05) is 18.9 Å². The molecule has 102 valence electrons. The van der Waals surface area contributed by atoms with E-state index in [-0.39, 0.29) is 6.04 Å². The molecule has 3 unspecified atom stereocenters. The van der Waals surface area contributed by atoms with E-state index in [0.29, 0.717) is 18.5 Å². The summed E-state index contributed by atoms with van der Waals surface area (Å²) in [6.07, 6.45) is 7.40. The lowest BCUT2D eigenvalue weighted by Crippen LogP contribution is -2.41. The average Bonchev–Trinajstić information content (AvgIpc) is 2.79. The highest BCUT2D eigenvalue weighted by Gasteiger charge is 2.45.